The molecule has 0 N–H and O–H groups in total. The molecule has 1 aliphatic carbocycles. The van der Waals surface area contributed by atoms with Gasteiger partial charge in [-0.05, 0) is 43.8 Å². The average molecular weight is 213 g/mol. The molecule has 0 spiro atoms. The molecule has 1 aliphatic heterocycles. The molecule has 0 unspecified atom stereocenters. The maximum absolute atomic E-state index is 8.76. The lowest BCUT2D eigenvalue weighted by Crippen LogP contribution is -2.18. The molecular weight excluding hydrogens is 198 g/mol. The van der Waals surface area contributed by atoms with Crippen LogP contribution in [0.3, 0.4) is 0 Å². The van der Waals surface area contributed by atoms with Crippen LogP contribution in [0.5, 0.6) is 0 Å². The molecule has 0 radical (unpaired) electrons. The molecule has 82 valence electrons. The second-order valence-corrected chi connectivity index (χ2v) is 4.30. The minimum Gasteiger partial charge on any atom is -0.375 e. The molecule has 1 fully saturated rings. The van der Waals surface area contributed by atoms with Gasteiger partial charge >= 0.3 is 0 Å². The highest BCUT2D eigenvalue weighted by Crippen LogP contribution is 2.32. The smallest absolute Gasteiger partial charge is 0.130 e. The monoisotopic (exact) mass is 213 g/mol. The van der Waals surface area contributed by atoms with Crippen LogP contribution in [-0.2, 0) is 0 Å². The van der Waals surface area contributed by atoms with E-state index in [1.165, 1.54) is 24.1 Å². The van der Waals surface area contributed by atoms with E-state index in [0.29, 0.717) is 0 Å². The van der Waals surface area contributed by atoms with E-state index < -0.39 is 0 Å². The summed E-state index contributed by atoms with van der Waals surface area (Å²) in [5.74, 6) is 0. The molecule has 1 saturated heterocycles. The second kappa shape index (κ2) is 4.86. The van der Waals surface area contributed by atoms with Crippen molar-refractivity contribution in [1.82, 2.24) is 4.90 Å². The van der Waals surface area contributed by atoms with Gasteiger partial charge in [0.1, 0.15) is 17.7 Å². The fourth-order valence-electron chi connectivity index (χ4n) is 2.52. The van der Waals surface area contributed by atoms with Crippen molar-refractivity contribution < 1.29 is 0 Å². The molecule has 1 heterocycles. The average Bonchev–Trinajstić information content (AvgIpc) is 2.95. The molecule has 0 aromatic rings. The van der Waals surface area contributed by atoms with Gasteiger partial charge in [0.15, 0.2) is 0 Å². The first kappa shape index (κ1) is 10.8. The zero-order valence-electron chi connectivity index (χ0n) is 9.37. The second-order valence-electron chi connectivity index (χ2n) is 4.30. The Bertz CT molecular complexity index is 395. The molecule has 0 bridgehead atoms. The topological polar surface area (TPSA) is 50.8 Å². The summed E-state index contributed by atoms with van der Waals surface area (Å²) >= 11 is 0. The number of nitrogens with zero attached hydrogens (tertiary/aromatic N) is 3. The number of hydrogen-bond donors (Lipinski definition) is 0. The number of hydrogen-bond acceptors (Lipinski definition) is 3. The lowest BCUT2D eigenvalue weighted by molar-refractivity contribution is 0.413. The third-order valence-corrected chi connectivity index (χ3v) is 3.28. The standard InChI is InChI=1S/C13H15N3/c14-9-11(10-15)8-12-4-3-5-13(12)16-6-1-2-7-16/h8H,1-7H2. The quantitative estimate of drug-likeness (QED) is 0.662. The van der Waals surface area contributed by atoms with Crippen LogP contribution in [-0.4, -0.2) is 18.0 Å². The third kappa shape index (κ3) is 2.09. The summed E-state index contributed by atoms with van der Waals surface area (Å²) in [5, 5.41) is 17.5. The van der Waals surface area contributed by atoms with Crippen LogP contribution >= 0.6 is 0 Å². The summed E-state index contributed by atoms with van der Waals surface area (Å²) in [5.41, 5.74) is 2.81. The first-order valence-electron chi connectivity index (χ1n) is 5.84. The fourth-order valence-corrected chi connectivity index (χ4v) is 2.52. The van der Waals surface area contributed by atoms with Gasteiger partial charge in [0.05, 0.1) is 0 Å². The Labute approximate surface area is 96.3 Å². The van der Waals surface area contributed by atoms with Crippen molar-refractivity contribution in [2.45, 2.75) is 32.1 Å². The molecule has 2 aliphatic rings. The zero-order valence-corrected chi connectivity index (χ0v) is 9.37. The summed E-state index contributed by atoms with van der Waals surface area (Å²) in [4.78, 5) is 2.42. The van der Waals surface area contributed by atoms with Gasteiger partial charge in [-0.1, -0.05) is 0 Å². The van der Waals surface area contributed by atoms with Crippen LogP contribution in [0.4, 0.5) is 0 Å². The van der Waals surface area contributed by atoms with Gasteiger partial charge in [-0.2, -0.15) is 10.5 Å². The fraction of sp³-hybridized carbons (Fsp3) is 0.538. The van der Waals surface area contributed by atoms with Crippen molar-refractivity contribution in [3.8, 4) is 12.1 Å². The summed E-state index contributed by atoms with van der Waals surface area (Å²) in [7, 11) is 0. The Balaban J connectivity index is 2.24. The van der Waals surface area contributed by atoms with Gasteiger partial charge in [0.2, 0.25) is 0 Å². The molecular formula is C13H15N3. The Kier molecular flexibility index (Phi) is 3.27. The van der Waals surface area contributed by atoms with Gasteiger partial charge in [0, 0.05) is 18.8 Å². The largest absolute Gasteiger partial charge is 0.375 e. The minimum absolute atomic E-state index is 0.230. The number of nitriles is 2. The molecule has 0 saturated carbocycles. The Morgan fingerprint density at radius 1 is 1.06 bits per heavy atom. The van der Waals surface area contributed by atoms with Crippen LogP contribution in [0.2, 0.25) is 0 Å². The summed E-state index contributed by atoms with van der Waals surface area (Å²) in [6, 6.07) is 3.87. The van der Waals surface area contributed by atoms with Crippen LogP contribution in [0.25, 0.3) is 0 Å². The van der Waals surface area contributed by atoms with E-state index in [2.05, 4.69) is 4.90 Å². The zero-order chi connectivity index (χ0) is 11.4. The molecule has 0 aromatic heterocycles. The highest BCUT2D eigenvalue weighted by molar-refractivity contribution is 5.43. The van der Waals surface area contributed by atoms with E-state index in [1.807, 2.05) is 12.1 Å². The number of likely N-dealkylation sites (tertiary alicyclic amines) is 1. The first-order chi connectivity index (χ1) is 7.85. The Morgan fingerprint density at radius 3 is 2.38 bits per heavy atom. The molecule has 0 atom stereocenters. The molecule has 3 nitrogen and oxygen atoms in total. The van der Waals surface area contributed by atoms with Crippen LogP contribution in [0.1, 0.15) is 32.1 Å². The SMILES string of the molecule is N#CC(C#N)=CC1=C(N2CCCC2)CCC1. The summed E-state index contributed by atoms with van der Waals surface area (Å²) in [6.45, 7) is 2.28. The van der Waals surface area contributed by atoms with Crippen molar-refractivity contribution in [3.05, 3.63) is 22.9 Å². The lowest BCUT2D eigenvalue weighted by atomic mass is 10.1. The molecule has 0 aromatic carbocycles. The van der Waals surface area contributed by atoms with Gasteiger partial charge in [-0.3, -0.25) is 0 Å². The summed E-state index contributed by atoms with van der Waals surface area (Å²) < 4.78 is 0. The van der Waals surface area contributed by atoms with Gasteiger partial charge < -0.3 is 4.90 Å². The van der Waals surface area contributed by atoms with E-state index in [1.54, 1.807) is 6.08 Å². The number of allylic oxidation sites excluding steroid dienone is 4. The van der Waals surface area contributed by atoms with Gasteiger partial charge in [-0.15, -0.1) is 0 Å². The highest BCUT2D eigenvalue weighted by Gasteiger charge is 2.21. The van der Waals surface area contributed by atoms with E-state index in [9.17, 15) is 0 Å². The maximum atomic E-state index is 8.76. The van der Waals surface area contributed by atoms with Crippen LogP contribution < -0.4 is 0 Å². The normalized spacial score (nSPS) is 19.5. The van der Waals surface area contributed by atoms with Gasteiger partial charge in [-0.25, -0.2) is 0 Å². The highest BCUT2D eigenvalue weighted by atomic mass is 15.2. The van der Waals surface area contributed by atoms with Crippen molar-refractivity contribution in [2.75, 3.05) is 13.1 Å². The van der Waals surface area contributed by atoms with Crippen molar-refractivity contribution >= 4 is 0 Å². The predicted octanol–water partition coefficient (Wildman–Crippen LogP) is 2.49. The molecule has 0 amide bonds. The van der Waals surface area contributed by atoms with E-state index in [0.717, 1.165) is 32.4 Å². The van der Waals surface area contributed by atoms with Crippen molar-refractivity contribution in [1.29, 1.82) is 10.5 Å². The first-order valence-corrected chi connectivity index (χ1v) is 5.84. The Hall–Kier alpha value is -1.74. The maximum Gasteiger partial charge on any atom is 0.130 e. The van der Waals surface area contributed by atoms with E-state index >= 15 is 0 Å². The van der Waals surface area contributed by atoms with E-state index in [4.69, 9.17) is 10.5 Å². The van der Waals surface area contributed by atoms with Crippen LogP contribution in [0.15, 0.2) is 22.9 Å². The van der Waals surface area contributed by atoms with Gasteiger partial charge in [0.25, 0.3) is 0 Å². The summed E-state index contributed by atoms with van der Waals surface area (Å²) in [6.07, 6.45) is 7.59. The number of rotatable bonds is 2. The Morgan fingerprint density at radius 2 is 1.75 bits per heavy atom. The van der Waals surface area contributed by atoms with Crippen molar-refractivity contribution in [3.63, 3.8) is 0 Å². The minimum atomic E-state index is 0.230. The third-order valence-electron chi connectivity index (χ3n) is 3.28. The molecule has 16 heavy (non-hydrogen) atoms. The molecule has 3 heteroatoms. The van der Waals surface area contributed by atoms with Crippen molar-refractivity contribution in [2.24, 2.45) is 0 Å². The van der Waals surface area contributed by atoms with E-state index in [-0.39, 0.29) is 5.57 Å². The predicted molar refractivity (Wildman–Crippen MR) is 61.0 cm³/mol. The molecule has 2 rings (SSSR count). The lowest BCUT2D eigenvalue weighted by Gasteiger charge is -2.20. The van der Waals surface area contributed by atoms with Crippen LogP contribution in [0, 0.1) is 22.7 Å².